The Hall–Kier alpha value is -1.06. The molecule has 1 aliphatic heterocycles. The minimum atomic E-state index is -0.612. The van der Waals surface area contributed by atoms with Crippen molar-refractivity contribution in [3.05, 3.63) is 29.8 Å². The number of hydrogen-bond donors (Lipinski definition) is 1. The summed E-state index contributed by atoms with van der Waals surface area (Å²) in [7, 11) is 0. The van der Waals surface area contributed by atoms with Crippen molar-refractivity contribution >= 4 is 0 Å². The van der Waals surface area contributed by atoms with Gasteiger partial charge in [0.2, 0.25) is 0 Å². The molecular formula is C14H21NO2. The molecule has 3 nitrogen and oxygen atoms in total. The summed E-state index contributed by atoms with van der Waals surface area (Å²) >= 11 is 0. The van der Waals surface area contributed by atoms with Gasteiger partial charge in [-0.25, -0.2) is 0 Å². The zero-order valence-electron chi connectivity index (χ0n) is 10.6. The van der Waals surface area contributed by atoms with Crippen molar-refractivity contribution < 1.29 is 9.84 Å². The van der Waals surface area contributed by atoms with Crippen LogP contribution >= 0.6 is 0 Å². The summed E-state index contributed by atoms with van der Waals surface area (Å²) < 4.78 is 5.70. The number of benzene rings is 1. The van der Waals surface area contributed by atoms with Gasteiger partial charge in [0.15, 0.2) is 0 Å². The molecule has 0 saturated heterocycles. The molecule has 1 aromatic carbocycles. The Labute approximate surface area is 103 Å². The van der Waals surface area contributed by atoms with Gasteiger partial charge in [-0.3, -0.25) is 4.90 Å². The van der Waals surface area contributed by atoms with Gasteiger partial charge in [0.25, 0.3) is 0 Å². The Morgan fingerprint density at radius 2 is 2.18 bits per heavy atom. The quantitative estimate of drug-likeness (QED) is 0.870. The van der Waals surface area contributed by atoms with Gasteiger partial charge in [-0.15, -0.1) is 0 Å². The third kappa shape index (κ3) is 3.20. The monoisotopic (exact) mass is 235 g/mol. The number of β-amino-alcohol motifs (C(OH)–C–C–N with tert-alkyl or cyclic N) is 1. The standard InChI is InChI=1S/C14H21NO2/c1-3-14(2,16)11-15-8-9-17-13-7-5-4-6-12(13)10-15/h4-7,16H,3,8-11H2,1-2H3. The molecule has 1 N–H and O–H groups in total. The van der Waals surface area contributed by atoms with Crippen LogP contribution in [0.1, 0.15) is 25.8 Å². The summed E-state index contributed by atoms with van der Waals surface area (Å²) in [5, 5.41) is 10.1. The molecule has 0 spiro atoms. The van der Waals surface area contributed by atoms with Crippen molar-refractivity contribution in [2.24, 2.45) is 0 Å². The molecule has 0 amide bonds. The van der Waals surface area contributed by atoms with E-state index in [0.717, 1.165) is 25.3 Å². The first kappa shape index (κ1) is 12.4. The van der Waals surface area contributed by atoms with E-state index in [2.05, 4.69) is 11.0 Å². The van der Waals surface area contributed by atoms with E-state index in [1.54, 1.807) is 0 Å². The van der Waals surface area contributed by atoms with Gasteiger partial charge in [0.1, 0.15) is 12.4 Å². The minimum Gasteiger partial charge on any atom is -0.492 e. The van der Waals surface area contributed by atoms with Gasteiger partial charge in [-0.1, -0.05) is 25.1 Å². The first-order valence-corrected chi connectivity index (χ1v) is 6.26. The maximum atomic E-state index is 10.1. The van der Waals surface area contributed by atoms with Gasteiger partial charge in [-0.05, 0) is 19.4 Å². The summed E-state index contributed by atoms with van der Waals surface area (Å²) in [6.45, 7) is 7.02. The topological polar surface area (TPSA) is 32.7 Å². The molecule has 3 heteroatoms. The normalized spacial score (nSPS) is 19.9. The molecule has 1 aliphatic rings. The first-order valence-electron chi connectivity index (χ1n) is 6.26. The average Bonchev–Trinajstić information content (AvgIpc) is 2.50. The predicted octanol–water partition coefficient (Wildman–Crippen LogP) is 2.04. The molecule has 1 atom stereocenters. The van der Waals surface area contributed by atoms with Crippen molar-refractivity contribution in [1.82, 2.24) is 4.90 Å². The van der Waals surface area contributed by atoms with Crippen LogP contribution < -0.4 is 4.74 Å². The number of rotatable bonds is 3. The van der Waals surface area contributed by atoms with E-state index in [1.807, 2.05) is 32.0 Å². The number of para-hydroxylation sites is 1. The lowest BCUT2D eigenvalue weighted by molar-refractivity contribution is 0.0129. The highest BCUT2D eigenvalue weighted by molar-refractivity contribution is 5.33. The van der Waals surface area contributed by atoms with Crippen molar-refractivity contribution in [3.8, 4) is 5.75 Å². The number of hydrogen-bond acceptors (Lipinski definition) is 3. The molecule has 0 bridgehead atoms. The van der Waals surface area contributed by atoms with E-state index in [9.17, 15) is 5.11 Å². The van der Waals surface area contributed by atoms with Crippen molar-refractivity contribution in [3.63, 3.8) is 0 Å². The number of fused-ring (bicyclic) bond motifs is 1. The predicted molar refractivity (Wildman–Crippen MR) is 68.1 cm³/mol. The summed E-state index contributed by atoms with van der Waals surface area (Å²) in [6, 6.07) is 8.13. The summed E-state index contributed by atoms with van der Waals surface area (Å²) in [5.74, 6) is 0.978. The largest absolute Gasteiger partial charge is 0.492 e. The molecule has 2 rings (SSSR count). The molecule has 94 valence electrons. The molecule has 0 aromatic heterocycles. The highest BCUT2D eigenvalue weighted by Crippen LogP contribution is 2.23. The minimum absolute atomic E-state index is 0.612. The second-order valence-electron chi connectivity index (χ2n) is 5.02. The fourth-order valence-corrected chi connectivity index (χ4v) is 2.11. The average molecular weight is 235 g/mol. The van der Waals surface area contributed by atoms with Crippen LogP contribution in [0.4, 0.5) is 0 Å². The smallest absolute Gasteiger partial charge is 0.123 e. The van der Waals surface area contributed by atoms with Crippen molar-refractivity contribution in [2.75, 3.05) is 19.7 Å². The van der Waals surface area contributed by atoms with Crippen molar-refractivity contribution in [1.29, 1.82) is 0 Å². The molecule has 0 aliphatic carbocycles. The van der Waals surface area contributed by atoms with Crippen LogP contribution in [0.15, 0.2) is 24.3 Å². The number of nitrogens with zero attached hydrogens (tertiary/aromatic N) is 1. The molecule has 0 fully saturated rings. The molecule has 0 saturated carbocycles. The van der Waals surface area contributed by atoms with Crippen LogP contribution in [0.2, 0.25) is 0 Å². The van der Waals surface area contributed by atoms with E-state index in [-0.39, 0.29) is 0 Å². The van der Waals surface area contributed by atoms with Gasteiger partial charge in [-0.2, -0.15) is 0 Å². The molecule has 1 heterocycles. The van der Waals surface area contributed by atoms with E-state index in [0.29, 0.717) is 13.2 Å². The zero-order valence-corrected chi connectivity index (χ0v) is 10.6. The van der Waals surface area contributed by atoms with Gasteiger partial charge in [0, 0.05) is 25.2 Å². The highest BCUT2D eigenvalue weighted by Gasteiger charge is 2.24. The second-order valence-corrected chi connectivity index (χ2v) is 5.02. The molecule has 0 radical (unpaired) electrons. The second kappa shape index (κ2) is 5.07. The Morgan fingerprint density at radius 1 is 1.41 bits per heavy atom. The molecular weight excluding hydrogens is 214 g/mol. The van der Waals surface area contributed by atoms with Gasteiger partial charge >= 0.3 is 0 Å². The Balaban J connectivity index is 2.08. The van der Waals surface area contributed by atoms with E-state index >= 15 is 0 Å². The van der Waals surface area contributed by atoms with E-state index in [1.165, 1.54) is 5.56 Å². The van der Waals surface area contributed by atoms with Crippen molar-refractivity contribution in [2.45, 2.75) is 32.4 Å². The van der Waals surface area contributed by atoms with E-state index in [4.69, 9.17) is 4.74 Å². The summed E-state index contributed by atoms with van der Waals surface area (Å²) in [4.78, 5) is 2.26. The lowest BCUT2D eigenvalue weighted by Gasteiger charge is -2.29. The highest BCUT2D eigenvalue weighted by atomic mass is 16.5. The number of ether oxygens (including phenoxy) is 1. The maximum absolute atomic E-state index is 10.1. The lowest BCUT2D eigenvalue weighted by atomic mass is 10.0. The summed E-state index contributed by atoms with van der Waals surface area (Å²) in [6.07, 6.45) is 0.770. The fourth-order valence-electron chi connectivity index (χ4n) is 2.11. The fraction of sp³-hybridized carbons (Fsp3) is 0.571. The van der Waals surface area contributed by atoms with Crippen LogP contribution in [0.5, 0.6) is 5.75 Å². The number of aliphatic hydroxyl groups is 1. The van der Waals surface area contributed by atoms with Crippen LogP contribution in [0.3, 0.4) is 0 Å². The van der Waals surface area contributed by atoms with Gasteiger partial charge < -0.3 is 9.84 Å². The lowest BCUT2D eigenvalue weighted by Crippen LogP contribution is -2.41. The van der Waals surface area contributed by atoms with Crippen LogP contribution in [0, 0.1) is 0 Å². The summed E-state index contributed by atoms with van der Waals surface area (Å²) in [5.41, 5.74) is 0.594. The maximum Gasteiger partial charge on any atom is 0.123 e. The Kier molecular flexibility index (Phi) is 3.69. The third-order valence-corrected chi connectivity index (χ3v) is 3.36. The van der Waals surface area contributed by atoms with Crippen LogP contribution in [-0.4, -0.2) is 35.3 Å². The van der Waals surface area contributed by atoms with Gasteiger partial charge in [0.05, 0.1) is 5.60 Å². The third-order valence-electron chi connectivity index (χ3n) is 3.36. The Morgan fingerprint density at radius 3 is 2.94 bits per heavy atom. The van der Waals surface area contributed by atoms with Crippen LogP contribution in [0.25, 0.3) is 0 Å². The zero-order chi connectivity index (χ0) is 12.3. The molecule has 1 aromatic rings. The first-order chi connectivity index (χ1) is 8.11. The molecule has 1 unspecified atom stereocenters. The van der Waals surface area contributed by atoms with Crippen LogP contribution in [-0.2, 0) is 6.54 Å². The SMILES string of the molecule is CCC(C)(O)CN1CCOc2ccccc2C1. The molecule has 17 heavy (non-hydrogen) atoms. The Bertz CT molecular complexity index is 376. The van der Waals surface area contributed by atoms with E-state index < -0.39 is 5.60 Å².